The number of methoxy groups -OCH3 is 1. The van der Waals surface area contributed by atoms with Gasteiger partial charge in [0, 0.05) is 5.69 Å². The van der Waals surface area contributed by atoms with Crippen molar-refractivity contribution in [3.63, 3.8) is 0 Å². The van der Waals surface area contributed by atoms with Crippen molar-refractivity contribution in [2.75, 3.05) is 12.4 Å². The first-order chi connectivity index (χ1) is 11.4. The molecular weight excluding hydrogens is 355 g/mol. The summed E-state index contributed by atoms with van der Waals surface area (Å²) in [4.78, 5) is 8.11. The highest BCUT2D eigenvalue weighted by Crippen LogP contribution is 2.34. The standard InChI is InChI=1S/C12H7ClF3N5O3/c1-22-11-10(18-8-9(19-11)21-24-20-8)17-5-2-3-7(6(13)4-5)23-12(14,15)16/h2-4H,1H3,(H,17,18,20). The fraction of sp³-hybridized carbons (Fsp3) is 0.167. The van der Waals surface area contributed by atoms with Crippen LogP contribution >= 0.6 is 11.6 Å². The zero-order valence-corrected chi connectivity index (χ0v) is 12.5. The number of nitrogens with zero attached hydrogens (tertiary/aromatic N) is 4. The topological polar surface area (TPSA) is 95.2 Å². The van der Waals surface area contributed by atoms with E-state index in [1.807, 2.05) is 0 Å². The van der Waals surface area contributed by atoms with Gasteiger partial charge in [0.2, 0.25) is 11.3 Å². The molecule has 0 atom stereocenters. The smallest absolute Gasteiger partial charge is 0.478 e. The van der Waals surface area contributed by atoms with Gasteiger partial charge in [-0.15, -0.1) is 13.2 Å². The highest BCUT2D eigenvalue weighted by molar-refractivity contribution is 6.32. The van der Waals surface area contributed by atoms with Gasteiger partial charge in [-0.1, -0.05) is 11.6 Å². The van der Waals surface area contributed by atoms with E-state index in [-0.39, 0.29) is 28.0 Å². The highest BCUT2D eigenvalue weighted by atomic mass is 35.5. The van der Waals surface area contributed by atoms with Crippen molar-refractivity contribution in [2.24, 2.45) is 0 Å². The van der Waals surface area contributed by atoms with Crippen LogP contribution < -0.4 is 14.8 Å². The summed E-state index contributed by atoms with van der Waals surface area (Å²) in [6.45, 7) is 0. The van der Waals surface area contributed by atoms with Crippen molar-refractivity contribution in [3.8, 4) is 11.6 Å². The highest BCUT2D eigenvalue weighted by Gasteiger charge is 2.32. The molecule has 0 spiro atoms. The van der Waals surface area contributed by atoms with Gasteiger partial charge in [0.15, 0.2) is 5.82 Å². The Labute approximate surface area is 136 Å². The van der Waals surface area contributed by atoms with Crippen LogP contribution in [0.3, 0.4) is 0 Å². The van der Waals surface area contributed by atoms with E-state index in [2.05, 4.69) is 35.0 Å². The van der Waals surface area contributed by atoms with Crippen LogP contribution in [0.4, 0.5) is 24.7 Å². The monoisotopic (exact) mass is 361 g/mol. The second-order valence-corrected chi connectivity index (χ2v) is 4.72. The number of nitrogens with one attached hydrogen (secondary N) is 1. The Morgan fingerprint density at radius 1 is 1.17 bits per heavy atom. The Bertz CT molecular complexity index is 886. The van der Waals surface area contributed by atoms with E-state index in [0.29, 0.717) is 5.69 Å². The first-order valence-electron chi connectivity index (χ1n) is 6.22. The summed E-state index contributed by atoms with van der Waals surface area (Å²) in [5.74, 6) is -0.282. The van der Waals surface area contributed by atoms with Crippen LogP contribution in [0.5, 0.6) is 11.6 Å². The molecule has 1 aromatic carbocycles. The van der Waals surface area contributed by atoms with E-state index < -0.39 is 12.1 Å². The third kappa shape index (κ3) is 3.40. The van der Waals surface area contributed by atoms with Crippen LogP contribution in [-0.4, -0.2) is 33.8 Å². The molecule has 0 aliphatic rings. The Balaban J connectivity index is 1.89. The molecule has 1 N–H and O–H groups in total. The van der Waals surface area contributed by atoms with Crippen LogP contribution in [0.15, 0.2) is 22.8 Å². The molecule has 126 valence electrons. The quantitative estimate of drug-likeness (QED) is 0.756. The molecular formula is C12H7ClF3N5O3. The summed E-state index contributed by atoms with van der Waals surface area (Å²) < 4.78 is 50.0. The lowest BCUT2D eigenvalue weighted by atomic mass is 10.3. The van der Waals surface area contributed by atoms with Gasteiger partial charge in [-0.3, -0.25) is 0 Å². The van der Waals surface area contributed by atoms with Gasteiger partial charge < -0.3 is 14.8 Å². The average molecular weight is 362 g/mol. The molecule has 0 aliphatic carbocycles. The molecule has 24 heavy (non-hydrogen) atoms. The summed E-state index contributed by atoms with van der Waals surface area (Å²) in [7, 11) is 1.36. The molecule has 0 amide bonds. The van der Waals surface area contributed by atoms with E-state index in [0.717, 1.165) is 6.07 Å². The number of hydrogen-bond donors (Lipinski definition) is 1. The molecule has 8 nitrogen and oxygen atoms in total. The normalized spacial score (nSPS) is 11.5. The molecule has 0 unspecified atom stereocenters. The number of benzene rings is 1. The minimum absolute atomic E-state index is 0.0879. The fourth-order valence-electron chi connectivity index (χ4n) is 1.77. The number of anilines is 2. The van der Waals surface area contributed by atoms with Crippen LogP contribution in [0.25, 0.3) is 11.3 Å². The third-order valence-electron chi connectivity index (χ3n) is 2.70. The lowest BCUT2D eigenvalue weighted by Crippen LogP contribution is -2.17. The molecule has 0 bridgehead atoms. The minimum atomic E-state index is -4.84. The number of fused-ring (bicyclic) bond motifs is 1. The Hall–Kier alpha value is -2.82. The molecule has 0 saturated heterocycles. The van der Waals surface area contributed by atoms with Crippen molar-refractivity contribution in [3.05, 3.63) is 23.2 Å². The van der Waals surface area contributed by atoms with E-state index in [1.165, 1.54) is 19.2 Å². The van der Waals surface area contributed by atoms with Crippen molar-refractivity contribution in [1.29, 1.82) is 0 Å². The number of alkyl halides is 3. The van der Waals surface area contributed by atoms with Gasteiger partial charge >= 0.3 is 6.36 Å². The second-order valence-electron chi connectivity index (χ2n) is 4.31. The van der Waals surface area contributed by atoms with Crippen molar-refractivity contribution < 1.29 is 27.3 Å². The summed E-state index contributed by atoms with van der Waals surface area (Å²) in [5, 5.41) is 9.63. The molecule has 0 aliphatic heterocycles. The van der Waals surface area contributed by atoms with Crippen molar-refractivity contribution in [2.45, 2.75) is 6.36 Å². The summed E-state index contributed by atoms with van der Waals surface area (Å²) in [5.41, 5.74) is 0.601. The first kappa shape index (κ1) is 16.1. The predicted molar refractivity (Wildman–Crippen MR) is 75.4 cm³/mol. The molecule has 3 rings (SSSR count). The molecule has 0 saturated carbocycles. The SMILES string of the molecule is COc1nc2nonc2nc1Nc1ccc(OC(F)(F)F)c(Cl)c1. The van der Waals surface area contributed by atoms with Gasteiger partial charge in [0.05, 0.1) is 12.1 Å². The molecule has 3 aromatic rings. The molecule has 2 aromatic heterocycles. The Morgan fingerprint density at radius 2 is 1.88 bits per heavy atom. The minimum Gasteiger partial charge on any atom is -0.478 e. The largest absolute Gasteiger partial charge is 0.573 e. The van der Waals surface area contributed by atoms with Gasteiger partial charge in [-0.05, 0) is 28.5 Å². The van der Waals surface area contributed by atoms with Crippen molar-refractivity contribution >= 4 is 34.4 Å². The zero-order valence-electron chi connectivity index (χ0n) is 11.8. The number of hydrogen-bond acceptors (Lipinski definition) is 8. The van der Waals surface area contributed by atoms with Gasteiger partial charge in [-0.25, -0.2) is 4.63 Å². The number of ether oxygens (including phenoxy) is 2. The maximum Gasteiger partial charge on any atom is 0.573 e. The van der Waals surface area contributed by atoms with Crippen LogP contribution in [0, 0.1) is 0 Å². The molecule has 0 radical (unpaired) electrons. The maximum atomic E-state index is 12.2. The Kier molecular flexibility index (Phi) is 4.01. The first-order valence-corrected chi connectivity index (χ1v) is 6.60. The molecule has 12 heteroatoms. The molecule has 2 heterocycles. The average Bonchev–Trinajstić information content (AvgIpc) is 2.95. The number of aromatic nitrogens is 4. The molecule has 0 fully saturated rings. The van der Waals surface area contributed by atoms with Gasteiger partial charge in [0.25, 0.3) is 5.88 Å². The fourth-order valence-corrected chi connectivity index (χ4v) is 1.99. The summed E-state index contributed by atoms with van der Waals surface area (Å²) >= 11 is 5.78. The number of rotatable bonds is 4. The van der Waals surface area contributed by atoms with Crippen LogP contribution in [-0.2, 0) is 0 Å². The lowest BCUT2D eigenvalue weighted by Gasteiger charge is -2.12. The second kappa shape index (κ2) is 6.00. The summed E-state index contributed by atoms with van der Waals surface area (Å²) in [6, 6.07) is 3.61. The third-order valence-corrected chi connectivity index (χ3v) is 2.99. The summed E-state index contributed by atoms with van der Waals surface area (Å²) in [6.07, 6.45) is -4.84. The van der Waals surface area contributed by atoms with Crippen LogP contribution in [0.1, 0.15) is 0 Å². The van der Waals surface area contributed by atoms with E-state index >= 15 is 0 Å². The van der Waals surface area contributed by atoms with Gasteiger partial charge in [-0.2, -0.15) is 9.97 Å². The lowest BCUT2D eigenvalue weighted by molar-refractivity contribution is -0.274. The van der Waals surface area contributed by atoms with E-state index in [9.17, 15) is 13.2 Å². The predicted octanol–water partition coefficient (Wildman–Crippen LogP) is 3.32. The number of halogens is 4. The van der Waals surface area contributed by atoms with Crippen molar-refractivity contribution in [1.82, 2.24) is 20.3 Å². The maximum absolute atomic E-state index is 12.2. The van der Waals surface area contributed by atoms with Crippen LogP contribution in [0.2, 0.25) is 5.02 Å². The Morgan fingerprint density at radius 3 is 2.50 bits per heavy atom. The van der Waals surface area contributed by atoms with Gasteiger partial charge in [0.1, 0.15) is 5.75 Å². The van der Waals surface area contributed by atoms with E-state index in [1.54, 1.807) is 0 Å². The van der Waals surface area contributed by atoms with E-state index in [4.69, 9.17) is 16.3 Å². The zero-order chi connectivity index (χ0) is 17.3.